The van der Waals surface area contributed by atoms with Crippen LogP contribution in [0.25, 0.3) is 0 Å². The number of likely N-dealkylation sites (tertiary alicyclic amines) is 1. The number of benzene rings is 2. The van der Waals surface area contributed by atoms with Gasteiger partial charge in [0.25, 0.3) is 0 Å². The smallest absolute Gasteiger partial charge is 0.335 e. The lowest BCUT2D eigenvalue weighted by Crippen LogP contribution is -2.33. The molecule has 5 nitrogen and oxygen atoms in total. The van der Waals surface area contributed by atoms with Gasteiger partial charge in [0.05, 0.1) is 17.8 Å². The van der Waals surface area contributed by atoms with Gasteiger partial charge < -0.3 is 9.52 Å². The van der Waals surface area contributed by atoms with Crippen molar-refractivity contribution in [1.29, 1.82) is 0 Å². The zero-order valence-corrected chi connectivity index (χ0v) is 16.1. The largest absolute Gasteiger partial charge is 0.478 e. The molecule has 1 saturated heterocycles. The Balaban J connectivity index is 1.47. The van der Waals surface area contributed by atoms with E-state index < -0.39 is 5.97 Å². The molecule has 1 unspecified atom stereocenters. The quantitative estimate of drug-likeness (QED) is 0.649. The Kier molecular flexibility index (Phi) is 5.71. The van der Waals surface area contributed by atoms with Gasteiger partial charge in [0.15, 0.2) is 0 Å². The summed E-state index contributed by atoms with van der Waals surface area (Å²) in [6.07, 6.45) is 5.43. The standard InChI is InChI=1S/C23H23FN2O3/c24-19-5-3-4-17(12-19)13-20-14-25-22(29-20)21-6-1-2-11-26(21)15-16-7-9-18(10-8-16)23(27)28/h3-5,7-10,12,14,21H,1-2,6,11,13,15H2,(H,27,28). The lowest BCUT2D eigenvalue weighted by atomic mass is 10.0. The lowest BCUT2D eigenvalue weighted by molar-refractivity contribution is 0.0697. The normalized spacial score (nSPS) is 17.3. The molecule has 6 heteroatoms. The van der Waals surface area contributed by atoms with E-state index in [1.54, 1.807) is 24.4 Å². The summed E-state index contributed by atoms with van der Waals surface area (Å²) >= 11 is 0. The highest BCUT2D eigenvalue weighted by Crippen LogP contribution is 2.32. The number of carbonyl (C=O) groups is 1. The molecule has 2 heterocycles. The number of aromatic carboxylic acids is 1. The molecule has 3 aromatic rings. The number of aromatic nitrogens is 1. The van der Waals surface area contributed by atoms with E-state index in [1.807, 2.05) is 18.2 Å². The Morgan fingerprint density at radius 3 is 2.76 bits per heavy atom. The molecular formula is C23H23FN2O3. The van der Waals surface area contributed by atoms with Gasteiger partial charge in [0.1, 0.15) is 11.6 Å². The van der Waals surface area contributed by atoms with Gasteiger partial charge in [0, 0.05) is 13.0 Å². The predicted octanol–water partition coefficient (Wildman–Crippen LogP) is 4.83. The third-order valence-electron chi connectivity index (χ3n) is 5.32. The molecular weight excluding hydrogens is 371 g/mol. The molecule has 4 rings (SSSR count). The molecule has 1 N–H and O–H groups in total. The van der Waals surface area contributed by atoms with Crippen molar-refractivity contribution in [3.05, 3.63) is 88.9 Å². The monoisotopic (exact) mass is 394 g/mol. The molecule has 2 aromatic carbocycles. The fourth-order valence-corrected chi connectivity index (χ4v) is 3.85. The first-order valence-corrected chi connectivity index (χ1v) is 9.84. The van der Waals surface area contributed by atoms with E-state index >= 15 is 0 Å². The van der Waals surface area contributed by atoms with Crippen molar-refractivity contribution in [3.63, 3.8) is 0 Å². The van der Waals surface area contributed by atoms with E-state index in [4.69, 9.17) is 9.52 Å². The second-order valence-corrected chi connectivity index (χ2v) is 7.46. The SMILES string of the molecule is O=C(O)c1ccc(CN2CCCCC2c2ncc(Cc3cccc(F)c3)o2)cc1. The Labute approximate surface area is 168 Å². The molecule has 0 spiro atoms. The highest BCUT2D eigenvalue weighted by molar-refractivity contribution is 5.87. The maximum absolute atomic E-state index is 13.4. The van der Waals surface area contributed by atoms with Gasteiger partial charge in [-0.1, -0.05) is 30.7 Å². The van der Waals surface area contributed by atoms with Gasteiger partial charge in [-0.3, -0.25) is 4.90 Å². The maximum atomic E-state index is 13.4. The lowest BCUT2D eigenvalue weighted by Gasteiger charge is -2.33. The fraction of sp³-hybridized carbons (Fsp3) is 0.304. The van der Waals surface area contributed by atoms with E-state index in [-0.39, 0.29) is 11.9 Å². The number of nitrogens with zero attached hydrogens (tertiary/aromatic N) is 2. The predicted molar refractivity (Wildman–Crippen MR) is 106 cm³/mol. The summed E-state index contributed by atoms with van der Waals surface area (Å²) in [5.41, 5.74) is 2.21. The Hall–Kier alpha value is -2.99. The zero-order chi connectivity index (χ0) is 20.2. The van der Waals surface area contributed by atoms with Crippen molar-refractivity contribution in [3.8, 4) is 0 Å². The van der Waals surface area contributed by atoms with Gasteiger partial charge >= 0.3 is 5.97 Å². The molecule has 1 atom stereocenters. The number of halogens is 1. The topological polar surface area (TPSA) is 66.6 Å². The molecule has 0 radical (unpaired) electrons. The first-order valence-electron chi connectivity index (χ1n) is 9.84. The third-order valence-corrected chi connectivity index (χ3v) is 5.32. The summed E-state index contributed by atoms with van der Waals surface area (Å²) in [6.45, 7) is 1.65. The number of oxazole rings is 1. The summed E-state index contributed by atoms with van der Waals surface area (Å²) in [6, 6.07) is 13.6. The van der Waals surface area contributed by atoms with Crippen LogP contribution in [0, 0.1) is 5.82 Å². The average Bonchev–Trinajstić information content (AvgIpc) is 3.17. The van der Waals surface area contributed by atoms with Crippen LogP contribution in [0.5, 0.6) is 0 Å². The summed E-state index contributed by atoms with van der Waals surface area (Å²) < 4.78 is 19.4. The number of hydrogen-bond acceptors (Lipinski definition) is 4. The van der Waals surface area contributed by atoms with Crippen molar-refractivity contribution in [2.24, 2.45) is 0 Å². The van der Waals surface area contributed by atoms with Crippen molar-refractivity contribution >= 4 is 5.97 Å². The zero-order valence-electron chi connectivity index (χ0n) is 16.1. The average molecular weight is 394 g/mol. The molecule has 0 amide bonds. The van der Waals surface area contributed by atoms with Gasteiger partial charge in [-0.15, -0.1) is 0 Å². The van der Waals surface area contributed by atoms with E-state index in [0.717, 1.165) is 42.7 Å². The summed E-state index contributed by atoms with van der Waals surface area (Å²) in [5, 5.41) is 9.06. The van der Waals surface area contributed by atoms with Crippen LogP contribution in [-0.4, -0.2) is 27.5 Å². The number of carboxylic acid groups (broad SMARTS) is 1. The third kappa shape index (κ3) is 4.71. The highest BCUT2D eigenvalue weighted by Gasteiger charge is 2.28. The Morgan fingerprint density at radius 2 is 2.00 bits per heavy atom. The molecule has 0 bridgehead atoms. The van der Waals surface area contributed by atoms with Crippen LogP contribution in [0.2, 0.25) is 0 Å². The molecule has 1 fully saturated rings. The summed E-state index contributed by atoms with van der Waals surface area (Å²) in [5.74, 6) is 0.243. The highest BCUT2D eigenvalue weighted by atomic mass is 19.1. The number of piperidine rings is 1. The first-order chi connectivity index (χ1) is 14.1. The van der Waals surface area contributed by atoms with Crippen molar-refractivity contribution < 1.29 is 18.7 Å². The van der Waals surface area contributed by atoms with Crippen molar-refractivity contribution in [2.45, 2.75) is 38.3 Å². The van der Waals surface area contributed by atoms with E-state index in [9.17, 15) is 9.18 Å². The Morgan fingerprint density at radius 1 is 1.17 bits per heavy atom. The van der Waals surface area contributed by atoms with Gasteiger partial charge in [0.2, 0.25) is 5.89 Å². The molecule has 150 valence electrons. The second kappa shape index (κ2) is 8.57. The number of hydrogen-bond donors (Lipinski definition) is 1. The maximum Gasteiger partial charge on any atom is 0.335 e. The van der Waals surface area contributed by atoms with Crippen LogP contribution in [0.4, 0.5) is 4.39 Å². The van der Waals surface area contributed by atoms with E-state index in [2.05, 4.69) is 9.88 Å². The molecule has 1 aliphatic heterocycles. The number of carboxylic acids is 1. The minimum Gasteiger partial charge on any atom is -0.478 e. The van der Waals surface area contributed by atoms with Crippen LogP contribution >= 0.6 is 0 Å². The number of rotatable bonds is 6. The van der Waals surface area contributed by atoms with Crippen LogP contribution in [0.15, 0.2) is 59.1 Å². The fourth-order valence-electron chi connectivity index (χ4n) is 3.85. The molecule has 0 aliphatic carbocycles. The van der Waals surface area contributed by atoms with Crippen molar-refractivity contribution in [1.82, 2.24) is 9.88 Å². The van der Waals surface area contributed by atoms with Crippen molar-refractivity contribution in [2.75, 3.05) is 6.54 Å². The van der Waals surface area contributed by atoms with Gasteiger partial charge in [-0.25, -0.2) is 14.2 Å². The van der Waals surface area contributed by atoms with Crippen LogP contribution in [-0.2, 0) is 13.0 Å². The minimum absolute atomic E-state index is 0.0872. The van der Waals surface area contributed by atoms with Gasteiger partial charge in [-0.2, -0.15) is 0 Å². The summed E-state index contributed by atoms with van der Waals surface area (Å²) in [7, 11) is 0. The molecule has 29 heavy (non-hydrogen) atoms. The van der Waals surface area contributed by atoms with E-state index in [1.165, 1.54) is 12.1 Å². The first kappa shape index (κ1) is 19.3. The molecule has 1 aliphatic rings. The van der Waals surface area contributed by atoms with Crippen LogP contribution in [0.3, 0.4) is 0 Å². The van der Waals surface area contributed by atoms with Crippen LogP contribution in [0.1, 0.15) is 58.4 Å². The van der Waals surface area contributed by atoms with Gasteiger partial charge in [-0.05, 0) is 54.8 Å². The minimum atomic E-state index is -0.919. The Bertz CT molecular complexity index is 984. The van der Waals surface area contributed by atoms with Crippen LogP contribution < -0.4 is 0 Å². The molecule has 0 saturated carbocycles. The van der Waals surface area contributed by atoms with E-state index in [0.29, 0.717) is 24.4 Å². The summed E-state index contributed by atoms with van der Waals surface area (Å²) in [4.78, 5) is 17.9. The molecule has 1 aromatic heterocycles. The second-order valence-electron chi connectivity index (χ2n) is 7.46.